The Balaban J connectivity index is 2.03. The van der Waals surface area contributed by atoms with E-state index >= 15 is 0 Å². The first kappa shape index (κ1) is 13.2. The summed E-state index contributed by atoms with van der Waals surface area (Å²) >= 11 is 0. The molecule has 0 saturated carbocycles. The lowest BCUT2D eigenvalue weighted by molar-refractivity contribution is 0.432. The van der Waals surface area contributed by atoms with Gasteiger partial charge in [-0.25, -0.2) is 8.78 Å². The molecule has 0 radical (unpaired) electrons. The van der Waals surface area contributed by atoms with Crippen molar-refractivity contribution in [2.45, 2.75) is 6.92 Å². The topological polar surface area (TPSA) is 64.9 Å². The molecule has 0 aliphatic heterocycles. The van der Waals surface area contributed by atoms with Gasteiger partial charge in [-0.15, -0.1) is 0 Å². The number of halogens is 2. The van der Waals surface area contributed by atoms with Crippen LogP contribution in [-0.2, 0) is 0 Å². The van der Waals surface area contributed by atoms with Gasteiger partial charge in [0.1, 0.15) is 11.6 Å². The quantitative estimate of drug-likeness (QED) is 0.732. The number of nitrogens with two attached hydrogens (primary N) is 1. The number of aryl methyl sites for hydroxylation is 1. The molecule has 0 amide bonds. The minimum Gasteiger partial charge on any atom is -0.398 e. The molecule has 3 aromatic rings. The number of hydrogen-bond acceptors (Lipinski definition) is 4. The second-order valence-corrected chi connectivity index (χ2v) is 4.67. The molecule has 2 aromatic carbocycles. The Morgan fingerprint density at radius 3 is 2.57 bits per heavy atom. The van der Waals surface area contributed by atoms with Crippen LogP contribution in [0.5, 0.6) is 0 Å². The number of nitrogens with zero attached hydrogens (tertiary/aromatic N) is 2. The van der Waals surface area contributed by atoms with Gasteiger partial charge < -0.3 is 10.3 Å². The highest BCUT2D eigenvalue weighted by atomic mass is 19.1. The van der Waals surface area contributed by atoms with Crippen molar-refractivity contribution in [3.05, 3.63) is 53.6 Å². The van der Waals surface area contributed by atoms with Crippen LogP contribution in [0.1, 0.15) is 5.56 Å². The van der Waals surface area contributed by atoms with Gasteiger partial charge in [-0.05, 0) is 48.9 Å². The third-order valence-corrected chi connectivity index (χ3v) is 2.97. The lowest BCUT2D eigenvalue weighted by atomic mass is 10.1. The highest BCUT2D eigenvalue weighted by Gasteiger charge is 2.14. The molecule has 0 aliphatic carbocycles. The minimum absolute atomic E-state index is 0.157. The van der Waals surface area contributed by atoms with E-state index in [0.717, 1.165) is 5.56 Å². The predicted octanol–water partition coefficient (Wildman–Crippen LogP) is 3.57. The van der Waals surface area contributed by atoms with Gasteiger partial charge in [-0.3, -0.25) is 0 Å². The van der Waals surface area contributed by atoms with Gasteiger partial charge in [0.15, 0.2) is 0 Å². The fourth-order valence-corrected chi connectivity index (χ4v) is 2.04. The van der Waals surface area contributed by atoms with E-state index in [1.165, 1.54) is 30.3 Å². The zero-order valence-corrected chi connectivity index (χ0v) is 11.1. The normalized spacial score (nSPS) is 10.8. The van der Waals surface area contributed by atoms with E-state index in [0.29, 0.717) is 11.1 Å². The molecule has 1 aromatic heterocycles. The molecular formula is C15H11F2N3O. The fraction of sp³-hybridized carbons (Fsp3) is 0.0667. The molecule has 21 heavy (non-hydrogen) atoms. The van der Waals surface area contributed by atoms with Crippen molar-refractivity contribution < 1.29 is 13.3 Å². The van der Waals surface area contributed by atoms with Crippen molar-refractivity contribution in [3.8, 4) is 22.8 Å². The van der Waals surface area contributed by atoms with Crippen LogP contribution in [0.3, 0.4) is 0 Å². The third kappa shape index (κ3) is 2.60. The average Bonchev–Trinajstić information content (AvgIpc) is 2.87. The maximum atomic E-state index is 13.4. The standard InChI is InChI=1S/C15H11F2N3O/c1-8-4-9(6-11(17)5-8)14-19-15(21-20-14)12-3-2-10(16)7-13(12)18/h2-7H,18H2,1H3. The summed E-state index contributed by atoms with van der Waals surface area (Å²) in [5, 5.41) is 3.81. The summed E-state index contributed by atoms with van der Waals surface area (Å²) in [6.45, 7) is 1.77. The van der Waals surface area contributed by atoms with Crippen molar-refractivity contribution in [1.82, 2.24) is 10.1 Å². The molecule has 6 heteroatoms. The van der Waals surface area contributed by atoms with E-state index in [9.17, 15) is 8.78 Å². The average molecular weight is 287 g/mol. The Morgan fingerprint density at radius 1 is 1.05 bits per heavy atom. The summed E-state index contributed by atoms with van der Waals surface area (Å²) in [7, 11) is 0. The van der Waals surface area contributed by atoms with Crippen molar-refractivity contribution in [2.75, 3.05) is 5.73 Å². The Hall–Kier alpha value is -2.76. The van der Waals surface area contributed by atoms with Gasteiger partial charge in [0, 0.05) is 11.3 Å². The van der Waals surface area contributed by atoms with Gasteiger partial charge >= 0.3 is 0 Å². The maximum absolute atomic E-state index is 13.4. The van der Waals surface area contributed by atoms with Crippen LogP contribution in [0.2, 0.25) is 0 Å². The molecule has 0 fully saturated rings. The molecule has 0 spiro atoms. The van der Waals surface area contributed by atoms with Gasteiger partial charge in [0.25, 0.3) is 5.89 Å². The Labute approximate surface area is 119 Å². The Morgan fingerprint density at radius 2 is 1.86 bits per heavy atom. The first-order valence-electron chi connectivity index (χ1n) is 6.19. The third-order valence-electron chi connectivity index (χ3n) is 2.97. The van der Waals surface area contributed by atoms with Crippen molar-refractivity contribution >= 4 is 5.69 Å². The predicted molar refractivity (Wildman–Crippen MR) is 74.2 cm³/mol. The highest BCUT2D eigenvalue weighted by molar-refractivity contribution is 5.71. The number of aromatic nitrogens is 2. The largest absolute Gasteiger partial charge is 0.398 e. The summed E-state index contributed by atoms with van der Waals surface area (Å²) in [4.78, 5) is 4.18. The van der Waals surface area contributed by atoms with Gasteiger partial charge in [0.2, 0.25) is 5.82 Å². The van der Waals surface area contributed by atoms with Crippen LogP contribution in [0.15, 0.2) is 40.9 Å². The molecule has 0 aliphatic rings. The summed E-state index contributed by atoms with van der Waals surface area (Å²) in [6.07, 6.45) is 0. The zero-order valence-electron chi connectivity index (χ0n) is 11.1. The number of benzene rings is 2. The zero-order chi connectivity index (χ0) is 15.0. The van der Waals surface area contributed by atoms with Crippen molar-refractivity contribution in [3.63, 3.8) is 0 Å². The van der Waals surface area contributed by atoms with Crippen LogP contribution in [0, 0.1) is 18.6 Å². The molecule has 2 N–H and O–H groups in total. The van der Waals surface area contributed by atoms with E-state index in [1.54, 1.807) is 13.0 Å². The summed E-state index contributed by atoms with van der Waals surface area (Å²) in [5.41, 5.74) is 7.60. The lowest BCUT2D eigenvalue weighted by Gasteiger charge is -1.99. The van der Waals surface area contributed by atoms with Crippen molar-refractivity contribution in [1.29, 1.82) is 0 Å². The fourth-order valence-electron chi connectivity index (χ4n) is 2.04. The smallest absolute Gasteiger partial charge is 0.260 e. The molecule has 4 nitrogen and oxygen atoms in total. The van der Waals surface area contributed by atoms with Gasteiger partial charge in [0.05, 0.1) is 5.56 Å². The molecule has 106 valence electrons. The first-order chi connectivity index (χ1) is 10.0. The van der Waals surface area contributed by atoms with E-state index in [1.807, 2.05) is 0 Å². The van der Waals surface area contributed by atoms with Crippen LogP contribution in [-0.4, -0.2) is 10.1 Å². The molecular weight excluding hydrogens is 276 g/mol. The van der Waals surface area contributed by atoms with E-state index in [2.05, 4.69) is 10.1 Å². The number of nitrogen functional groups attached to an aromatic ring is 1. The molecule has 0 saturated heterocycles. The van der Waals surface area contributed by atoms with Gasteiger partial charge in [-0.2, -0.15) is 4.98 Å². The Kier molecular flexibility index (Phi) is 3.13. The molecule has 3 rings (SSSR count). The SMILES string of the molecule is Cc1cc(F)cc(-c2noc(-c3ccc(F)cc3N)n2)c1. The first-order valence-corrected chi connectivity index (χ1v) is 6.19. The molecule has 0 atom stereocenters. The Bertz CT molecular complexity index is 794. The van der Waals surface area contributed by atoms with E-state index in [-0.39, 0.29) is 23.2 Å². The number of rotatable bonds is 2. The lowest BCUT2D eigenvalue weighted by Crippen LogP contribution is -1.91. The number of hydrogen-bond donors (Lipinski definition) is 1. The van der Waals surface area contributed by atoms with E-state index in [4.69, 9.17) is 10.3 Å². The number of anilines is 1. The molecule has 0 unspecified atom stereocenters. The molecule has 0 bridgehead atoms. The van der Waals surface area contributed by atoms with Crippen LogP contribution in [0.4, 0.5) is 14.5 Å². The summed E-state index contributed by atoms with van der Waals surface area (Å²) < 4.78 is 31.6. The minimum atomic E-state index is -0.447. The second kappa shape index (κ2) is 4.97. The summed E-state index contributed by atoms with van der Waals surface area (Å²) in [5.74, 6) is -0.421. The van der Waals surface area contributed by atoms with Gasteiger partial charge in [-0.1, -0.05) is 5.16 Å². The molecule has 1 heterocycles. The summed E-state index contributed by atoms with van der Waals surface area (Å²) in [6, 6.07) is 8.34. The van der Waals surface area contributed by atoms with Crippen LogP contribution < -0.4 is 5.73 Å². The highest BCUT2D eigenvalue weighted by Crippen LogP contribution is 2.27. The maximum Gasteiger partial charge on any atom is 0.260 e. The van der Waals surface area contributed by atoms with Crippen molar-refractivity contribution in [2.24, 2.45) is 0 Å². The van der Waals surface area contributed by atoms with Crippen LogP contribution >= 0.6 is 0 Å². The monoisotopic (exact) mass is 287 g/mol. The van der Waals surface area contributed by atoms with E-state index < -0.39 is 5.82 Å². The van der Waals surface area contributed by atoms with Crippen LogP contribution in [0.25, 0.3) is 22.8 Å². The second-order valence-electron chi connectivity index (χ2n) is 4.67.